The van der Waals surface area contributed by atoms with Crippen LogP contribution in [0.15, 0.2) is 77.8 Å². The first-order chi connectivity index (χ1) is 14.8. The van der Waals surface area contributed by atoms with Crippen molar-refractivity contribution < 1.29 is 14.2 Å². The van der Waals surface area contributed by atoms with Gasteiger partial charge < -0.3 is 19.1 Å². The lowest BCUT2D eigenvalue weighted by molar-refractivity contribution is 0.122. The van der Waals surface area contributed by atoms with Crippen molar-refractivity contribution in [2.45, 2.75) is 6.61 Å². The molecule has 0 bridgehead atoms. The zero-order valence-corrected chi connectivity index (χ0v) is 17.2. The second kappa shape index (κ2) is 9.94. The summed E-state index contributed by atoms with van der Waals surface area (Å²) >= 11 is 0. The van der Waals surface area contributed by atoms with Gasteiger partial charge in [-0.15, -0.1) is 0 Å². The van der Waals surface area contributed by atoms with Crippen LogP contribution in [0.1, 0.15) is 11.1 Å². The summed E-state index contributed by atoms with van der Waals surface area (Å²) in [6.07, 6.45) is 1.83. The number of methoxy groups -OCH3 is 1. The van der Waals surface area contributed by atoms with Crippen molar-refractivity contribution in [3.05, 3.63) is 83.9 Å². The van der Waals surface area contributed by atoms with E-state index in [4.69, 9.17) is 14.2 Å². The summed E-state index contributed by atoms with van der Waals surface area (Å²) in [7, 11) is 1.65. The van der Waals surface area contributed by atoms with Crippen LogP contribution in [0.2, 0.25) is 0 Å². The number of morpholine rings is 1. The van der Waals surface area contributed by atoms with Gasteiger partial charge in [0.25, 0.3) is 0 Å². The number of hydrogen-bond donors (Lipinski definition) is 0. The second-order valence-electron chi connectivity index (χ2n) is 7.03. The maximum absolute atomic E-state index is 6.10. The van der Waals surface area contributed by atoms with Crippen LogP contribution in [-0.2, 0) is 11.3 Å². The Kier molecular flexibility index (Phi) is 6.62. The summed E-state index contributed by atoms with van der Waals surface area (Å²) in [5.41, 5.74) is 4.07. The molecular formula is C25H26N2O3. The number of anilines is 1. The Morgan fingerprint density at radius 3 is 2.43 bits per heavy atom. The van der Waals surface area contributed by atoms with Gasteiger partial charge in [0.05, 0.1) is 26.0 Å². The first-order valence-electron chi connectivity index (χ1n) is 10.1. The van der Waals surface area contributed by atoms with Crippen LogP contribution in [-0.4, -0.2) is 39.6 Å². The van der Waals surface area contributed by atoms with Gasteiger partial charge in [-0.3, -0.25) is 4.99 Å². The Bertz CT molecular complexity index is 965. The number of ether oxygens (including phenoxy) is 3. The predicted molar refractivity (Wildman–Crippen MR) is 120 cm³/mol. The number of nitrogens with zero attached hydrogens (tertiary/aromatic N) is 2. The zero-order chi connectivity index (χ0) is 20.6. The molecule has 0 N–H and O–H groups in total. The molecule has 1 aliphatic rings. The van der Waals surface area contributed by atoms with Crippen LogP contribution in [0.3, 0.4) is 0 Å². The number of rotatable bonds is 7. The third-order valence-corrected chi connectivity index (χ3v) is 5.03. The summed E-state index contributed by atoms with van der Waals surface area (Å²) < 4.78 is 17.0. The van der Waals surface area contributed by atoms with Crippen molar-refractivity contribution in [3.63, 3.8) is 0 Å². The number of aliphatic imine (C=N–C) groups is 1. The van der Waals surface area contributed by atoms with Crippen molar-refractivity contribution in [1.82, 2.24) is 0 Å². The molecule has 154 valence electrons. The van der Waals surface area contributed by atoms with E-state index in [1.807, 2.05) is 66.9 Å². The molecule has 1 aliphatic heterocycles. The highest BCUT2D eigenvalue weighted by Gasteiger charge is 2.11. The molecule has 0 aliphatic carbocycles. The van der Waals surface area contributed by atoms with Gasteiger partial charge in [0.15, 0.2) is 11.5 Å². The number of hydrogen-bond acceptors (Lipinski definition) is 5. The van der Waals surface area contributed by atoms with E-state index >= 15 is 0 Å². The third-order valence-electron chi connectivity index (χ3n) is 5.03. The third kappa shape index (κ3) is 4.99. The van der Waals surface area contributed by atoms with E-state index in [0.29, 0.717) is 18.1 Å². The van der Waals surface area contributed by atoms with Gasteiger partial charge in [-0.05, 0) is 42.0 Å². The van der Waals surface area contributed by atoms with Gasteiger partial charge in [-0.25, -0.2) is 0 Å². The van der Waals surface area contributed by atoms with E-state index in [2.05, 4.69) is 22.0 Å². The van der Waals surface area contributed by atoms with Crippen molar-refractivity contribution in [3.8, 4) is 11.5 Å². The molecule has 0 saturated carbocycles. The van der Waals surface area contributed by atoms with Gasteiger partial charge in [-0.1, -0.05) is 36.4 Å². The van der Waals surface area contributed by atoms with Crippen LogP contribution in [0, 0.1) is 0 Å². The van der Waals surface area contributed by atoms with Gasteiger partial charge in [0.1, 0.15) is 6.61 Å². The Morgan fingerprint density at radius 1 is 0.933 bits per heavy atom. The lowest BCUT2D eigenvalue weighted by atomic mass is 10.2. The smallest absolute Gasteiger partial charge is 0.170 e. The first kappa shape index (κ1) is 20.0. The van der Waals surface area contributed by atoms with Gasteiger partial charge in [0, 0.05) is 30.6 Å². The highest BCUT2D eigenvalue weighted by molar-refractivity contribution is 5.87. The second-order valence-corrected chi connectivity index (χ2v) is 7.03. The largest absolute Gasteiger partial charge is 0.493 e. The molecule has 3 aromatic carbocycles. The van der Waals surface area contributed by atoms with E-state index in [1.165, 1.54) is 5.69 Å². The number of benzene rings is 3. The van der Waals surface area contributed by atoms with Gasteiger partial charge in [-0.2, -0.15) is 0 Å². The van der Waals surface area contributed by atoms with Crippen LogP contribution in [0.5, 0.6) is 11.5 Å². The summed E-state index contributed by atoms with van der Waals surface area (Å²) in [6, 6.07) is 24.2. The summed E-state index contributed by atoms with van der Waals surface area (Å²) in [5, 5.41) is 0. The lowest BCUT2D eigenvalue weighted by Crippen LogP contribution is -2.36. The molecule has 0 aromatic heterocycles. The molecule has 1 heterocycles. The fraction of sp³-hybridized carbons (Fsp3) is 0.240. The van der Waals surface area contributed by atoms with E-state index < -0.39 is 0 Å². The summed E-state index contributed by atoms with van der Waals surface area (Å²) in [4.78, 5) is 6.98. The summed E-state index contributed by atoms with van der Waals surface area (Å²) in [5.74, 6) is 1.38. The molecular weight excluding hydrogens is 376 g/mol. The molecule has 4 rings (SSSR count). The normalized spacial score (nSPS) is 14.1. The van der Waals surface area contributed by atoms with Crippen molar-refractivity contribution >= 4 is 17.6 Å². The Hall–Kier alpha value is -3.31. The quantitative estimate of drug-likeness (QED) is 0.529. The average molecular weight is 402 g/mol. The Morgan fingerprint density at radius 2 is 1.70 bits per heavy atom. The molecule has 5 heteroatoms. The SMILES string of the molecule is COc1cccc(C=Nc2ccc(N3CCOCC3)cc2)c1OCc1ccccc1. The van der Waals surface area contributed by atoms with E-state index in [1.54, 1.807) is 7.11 Å². The highest BCUT2D eigenvalue weighted by atomic mass is 16.5. The maximum Gasteiger partial charge on any atom is 0.170 e. The molecule has 3 aromatic rings. The van der Waals surface area contributed by atoms with Crippen LogP contribution < -0.4 is 14.4 Å². The van der Waals surface area contributed by atoms with E-state index in [-0.39, 0.29) is 0 Å². The van der Waals surface area contributed by atoms with Crippen LogP contribution in [0.25, 0.3) is 0 Å². The molecule has 0 amide bonds. The topological polar surface area (TPSA) is 43.3 Å². The number of para-hydroxylation sites is 1. The molecule has 1 saturated heterocycles. The summed E-state index contributed by atoms with van der Waals surface area (Å²) in [6.45, 7) is 3.88. The monoisotopic (exact) mass is 402 g/mol. The standard InChI is InChI=1S/C25H26N2O3/c1-28-24-9-5-8-21(25(24)30-19-20-6-3-2-4-7-20)18-26-22-10-12-23(13-11-22)27-14-16-29-17-15-27/h2-13,18H,14-17,19H2,1H3. The van der Waals surface area contributed by atoms with Gasteiger partial charge in [0.2, 0.25) is 0 Å². The minimum Gasteiger partial charge on any atom is -0.493 e. The zero-order valence-electron chi connectivity index (χ0n) is 17.2. The highest BCUT2D eigenvalue weighted by Crippen LogP contribution is 2.31. The molecule has 0 unspecified atom stereocenters. The lowest BCUT2D eigenvalue weighted by Gasteiger charge is -2.28. The molecule has 0 spiro atoms. The molecule has 30 heavy (non-hydrogen) atoms. The van der Waals surface area contributed by atoms with Crippen molar-refractivity contribution in [2.75, 3.05) is 38.3 Å². The molecule has 1 fully saturated rings. The Labute approximate surface area is 177 Å². The van der Waals surface area contributed by atoms with Crippen LogP contribution in [0.4, 0.5) is 11.4 Å². The van der Waals surface area contributed by atoms with Crippen molar-refractivity contribution in [2.24, 2.45) is 4.99 Å². The van der Waals surface area contributed by atoms with E-state index in [0.717, 1.165) is 43.1 Å². The Balaban J connectivity index is 1.49. The molecule has 5 nitrogen and oxygen atoms in total. The first-order valence-corrected chi connectivity index (χ1v) is 10.1. The van der Waals surface area contributed by atoms with Crippen LogP contribution >= 0.6 is 0 Å². The average Bonchev–Trinajstić information content (AvgIpc) is 2.83. The fourth-order valence-electron chi connectivity index (χ4n) is 3.39. The maximum atomic E-state index is 6.10. The molecule has 0 atom stereocenters. The predicted octanol–water partition coefficient (Wildman–Crippen LogP) is 4.86. The minimum atomic E-state index is 0.469. The van der Waals surface area contributed by atoms with Gasteiger partial charge >= 0.3 is 0 Å². The molecule has 0 radical (unpaired) electrons. The van der Waals surface area contributed by atoms with E-state index in [9.17, 15) is 0 Å². The fourth-order valence-corrected chi connectivity index (χ4v) is 3.39. The van der Waals surface area contributed by atoms with Crippen molar-refractivity contribution in [1.29, 1.82) is 0 Å². The minimum absolute atomic E-state index is 0.469.